The van der Waals surface area contributed by atoms with E-state index in [1.54, 1.807) is 19.2 Å². The van der Waals surface area contributed by atoms with Gasteiger partial charge in [0.15, 0.2) is 11.5 Å². The molecule has 1 aromatic heterocycles. The van der Waals surface area contributed by atoms with Crippen molar-refractivity contribution in [3.05, 3.63) is 41.9 Å². The molecular formula is C17H18N4O3. The van der Waals surface area contributed by atoms with Gasteiger partial charge < -0.3 is 14.8 Å². The van der Waals surface area contributed by atoms with Crippen molar-refractivity contribution < 1.29 is 14.3 Å². The van der Waals surface area contributed by atoms with Gasteiger partial charge in [-0.1, -0.05) is 6.07 Å². The van der Waals surface area contributed by atoms with E-state index < -0.39 is 0 Å². The van der Waals surface area contributed by atoms with E-state index in [9.17, 15) is 4.79 Å². The average molecular weight is 326 g/mol. The van der Waals surface area contributed by atoms with Crippen molar-refractivity contribution in [2.75, 3.05) is 18.5 Å². The number of rotatable bonds is 3. The van der Waals surface area contributed by atoms with Crippen molar-refractivity contribution in [3.8, 4) is 11.5 Å². The summed E-state index contributed by atoms with van der Waals surface area (Å²) in [5.74, 6) is 2.58. The molecule has 124 valence electrons. The van der Waals surface area contributed by atoms with Crippen LogP contribution in [0.5, 0.6) is 11.5 Å². The summed E-state index contributed by atoms with van der Waals surface area (Å²) in [6, 6.07) is 7.22. The maximum Gasteiger partial charge on any atom is 0.321 e. The number of nitrogens with zero attached hydrogens (tertiary/aromatic N) is 2. The fraction of sp³-hybridized carbons (Fsp3) is 0.353. The zero-order valence-electron chi connectivity index (χ0n) is 13.3. The van der Waals surface area contributed by atoms with Crippen LogP contribution in [0.4, 0.5) is 10.6 Å². The van der Waals surface area contributed by atoms with Crippen LogP contribution in [0.1, 0.15) is 24.2 Å². The summed E-state index contributed by atoms with van der Waals surface area (Å²) in [6.07, 6.45) is 3.40. The zero-order valence-corrected chi connectivity index (χ0v) is 13.3. The molecule has 0 bridgehead atoms. The first-order chi connectivity index (χ1) is 11.6. The SMILES string of the molecule is Cc1nccc(NC(=O)NC2(c3ccc4c(c3)OCCO4)CC2)n1. The van der Waals surface area contributed by atoms with Gasteiger partial charge in [0.25, 0.3) is 0 Å². The van der Waals surface area contributed by atoms with Crippen molar-refractivity contribution in [2.45, 2.75) is 25.3 Å². The third kappa shape index (κ3) is 2.84. The lowest BCUT2D eigenvalue weighted by molar-refractivity contribution is 0.171. The number of carbonyl (C=O) groups excluding carboxylic acids is 1. The number of anilines is 1. The topological polar surface area (TPSA) is 85.4 Å². The minimum absolute atomic E-state index is 0.277. The molecule has 2 aliphatic rings. The highest BCUT2D eigenvalue weighted by molar-refractivity contribution is 5.89. The first-order valence-corrected chi connectivity index (χ1v) is 7.94. The normalized spacial score (nSPS) is 17.0. The molecule has 0 atom stereocenters. The Kier molecular flexibility index (Phi) is 3.48. The van der Waals surface area contributed by atoms with Gasteiger partial charge in [0.2, 0.25) is 0 Å². The quantitative estimate of drug-likeness (QED) is 0.904. The summed E-state index contributed by atoms with van der Waals surface area (Å²) < 4.78 is 11.2. The molecule has 2 N–H and O–H groups in total. The number of carbonyl (C=O) groups is 1. The number of aromatic nitrogens is 2. The van der Waals surface area contributed by atoms with Gasteiger partial charge in [0.05, 0.1) is 5.54 Å². The number of amides is 2. The number of nitrogens with one attached hydrogen (secondary N) is 2. The van der Waals surface area contributed by atoms with Gasteiger partial charge in [-0.3, -0.25) is 5.32 Å². The molecule has 2 heterocycles. The molecule has 4 rings (SSSR count). The second-order valence-electron chi connectivity index (χ2n) is 6.01. The third-order valence-electron chi connectivity index (χ3n) is 4.22. The molecule has 0 unspecified atom stereocenters. The van der Waals surface area contributed by atoms with Crippen LogP contribution in [0, 0.1) is 6.92 Å². The number of benzene rings is 1. The standard InChI is InChI=1S/C17H18N4O3/c1-11-18-7-4-15(19-11)20-16(22)21-17(5-6-17)12-2-3-13-14(10-12)24-9-8-23-13/h2-4,7,10H,5-6,8-9H2,1H3,(H2,18,19,20,21,22). The highest BCUT2D eigenvalue weighted by Gasteiger charge is 2.46. The number of aryl methyl sites for hydroxylation is 1. The van der Waals surface area contributed by atoms with Gasteiger partial charge in [0.1, 0.15) is 24.9 Å². The van der Waals surface area contributed by atoms with Crippen molar-refractivity contribution in [2.24, 2.45) is 0 Å². The Labute approximate surface area is 139 Å². The Morgan fingerprint density at radius 2 is 1.96 bits per heavy atom. The molecule has 2 amide bonds. The molecule has 0 saturated heterocycles. The Balaban J connectivity index is 1.48. The van der Waals surface area contributed by atoms with E-state index in [1.807, 2.05) is 18.2 Å². The fourth-order valence-electron chi connectivity index (χ4n) is 2.84. The summed E-state index contributed by atoms with van der Waals surface area (Å²) in [5.41, 5.74) is 0.683. The molecule has 0 radical (unpaired) electrons. The van der Waals surface area contributed by atoms with Crippen LogP contribution in [-0.2, 0) is 5.54 Å². The predicted octanol–water partition coefficient (Wildman–Crippen LogP) is 2.37. The number of ether oxygens (including phenoxy) is 2. The molecule has 2 aromatic rings. The molecule has 24 heavy (non-hydrogen) atoms. The first kappa shape index (κ1) is 14.7. The molecule has 1 saturated carbocycles. The van der Waals surface area contributed by atoms with Gasteiger partial charge in [-0.15, -0.1) is 0 Å². The average Bonchev–Trinajstić information content (AvgIpc) is 3.35. The Hall–Kier alpha value is -2.83. The Morgan fingerprint density at radius 1 is 1.17 bits per heavy atom. The second-order valence-corrected chi connectivity index (χ2v) is 6.01. The lowest BCUT2D eigenvalue weighted by Gasteiger charge is -2.22. The fourth-order valence-corrected chi connectivity index (χ4v) is 2.84. The first-order valence-electron chi connectivity index (χ1n) is 7.94. The highest BCUT2D eigenvalue weighted by atomic mass is 16.6. The van der Waals surface area contributed by atoms with Gasteiger partial charge >= 0.3 is 6.03 Å². The highest BCUT2D eigenvalue weighted by Crippen LogP contribution is 2.47. The van der Waals surface area contributed by atoms with Crippen LogP contribution in [0.2, 0.25) is 0 Å². The molecular weight excluding hydrogens is 308 g/mol. The van der Waals surface area contributed by atoms with Gasteiger partial charge in [-0.2, -0.15) is 0 Å². The summed E-state index contributed by atoms with van der Waals surface area (Å²) in [5, 5.41) is 5.81. The van der Waals surface area contributed by atoms with Crippen LogP contribution >= 0.6 is 0 Å². The van der Waals surface area contributed by atoms with Gasteiger partial charge in [-0.05, 0) is 43.5 Å². The minimum atomic E-state index is -0.345. The van der Waals surface area contributed by atoms with Crippen LogP contribution in [-0.4, -0.2) is 29.2 Å². The summed E-state index contributed by atoms with van der Waals surface area (Å²) in [7, 11) is 0. The van der Waals surface area contributed by atoms with Crippen molar-refractivity contribution in [1.29, 1.82) is 0 Å². The maximum atomic E-state index is 12.3. The van der Waals surface area contributed by atoms with E-state index in [2.05, 4.69) is 20.6 Å². The molecule has 0 spiro atoms. The second kappa shape index (κ2) is 5.67. The third-order valence-corrected chi connectivity index (χ3v) is 4.22. The van der Waals surface area contributed by atoms with E-state index in [-0.39, 0.29) is 11.6 Å². The Bertz CT molecular complexity index is 789. The molecule has 7 nitrogen and oxygen atoms in total. The van der Waals surface area contributed by atoms with Crippen molar-refractivity contribution in [1.82, 2.24) is 15.3 Å². The van der Waals surface area contributed by atoms with Crippen LogP contribution < -0.4 is 20.1 Å². The summed E-state index contributed by atoms with van der Waals surface area (Å²) >= 11 is 0. The van der Waals surface area contributed by atoms with Crippen LogP contribution in [0.25, 0.3) is 0 Å². The van der Waals surface area contributed by atoms with Crippen LogP contribution in [0.3, 0.4) is 0 Å². The van der Waals surface area contributed by atoms with Gasteiger partial charge in [-0.25, -0.2) is 14.8 Å². The molecule has 1 aromatic carbocycles. The van der Waals surface area contributed by atoms with E-state index in [0.29, 0.717) is 24.9 Å². The van der Waals surface area contributed by atoms with Crippen LogP contribution in [0.15, 0.2) is 30.5 Å². The van der Waals surface area contributed by atoms with E-state index >= 15 is 0 Å². The smallest absolute Gasteiger partial charge is 0.321 e. The Morgan fingerprint density at radius 3 is 2.71 bits per heavy atom. The van der Waals surface area contributed by atoms with E-state index in [0.717, 1.165) is 29.9 Å². The molecule has 7 heteroatoms. The molecule has 1 fully saturated rings. The predicted molar refractivity (Wildman–Crippen MR) is 87.3 cm³/mol. The van der Waals surface area contributed by atoms with Gasteiger partial charge in [0, 0.05) is 6.20 Å². The van der Waals surface area contributed by atoms with E-state index in [4.69, 9.17) is 9.47 Å². The zero-order chi connectivity index (χ0) is 16.6. The van der Waals surface area contributed by atoms with Crippen molar-refractivity contribution in [3.63, 3.8) is 0 Å². The van der Waals surface area contributed by atoms with Crippen molar-refractivity contribution >= 4 is 11.8 Å². The lowest BCUT2D eigenvalue weighted by atomic mass is 10.0. The number of hydrogen-bond donors (Lipinski definition) is 2. The monoisotopic (exact) mass is 326 g/mol. The summed E-state index contributed by atoms with van der Waals surface area (Å²) in [6.45, 7) is 2.89. The minimum Gasteiger partial charge on any atom is -0.486 e. The van der Waals surface area contributed by atoms with E-state index in [1.165, 1.54) is 0 Å². The summed E-state index contributed by atoms with van der Waals surface area (Å²) in [4.78, 5) is 20.5. The number of fused-ring (bicyclic) bond motifs is 1. The lowest BCUT2D eigenvalue weighted by Crippen LogP contribution is -2.38. The molecule has 1 aliphatic heterocycles. The molecule has 1 aliphatic carbocycles. The number of urea groups is 1. The maximum absolute atomic E-state index is 12.3. The largest absolute Gasteiger partial charge is 0.486 e. The number of hydrogen-bond acceptors (Lipinski definition) is 5.